The Morgan fingerprint density at radius 2 is 1.52 bits per heavy atom. The summed E-state index contributed by atoms with van der Waals surface area (Å²) in [6, 6.07) is 10.1. The van der Waals surface area contributed by atoms with E-state index >= 15 is 0 Å². The maximum absolute atomic E-state index is 12.9. The summed E-state index contributed by atoms with van der Waals surface area (Å²) in [5.74, 6) is -1.01. The fraction of sp³-hybridized carbons (Fsp3) is 0.316. The highest BCUT2D eigenvalue weighted by atomic mass is 32.2. The molecule has 2 N–H and O–H groups in total. The Hall–Kier alpha value is -2.38. The SMILES string of the molecule is O=C(CCNS(=O)(=O)c1ccc(F)cc1)Nc1ccc(S(=O)(=O)N2CCOCC2)cc1. The van der Waals surface area contributed by atoms with Crippen LogP contribution in [0.25, 0.3) is 0 Å². The van der Waals surface area contributed by atoms with E-state index < -0.39 is 31.8 Å². The van der Waals surface area contributed by atoms with Crippen molar-refractivity contribution in [2.45, 2.75) is 16.2 Å². The van der Waals surface area contributed by atoms with Crippen molar-refractivity contribution in [2.75, 3.05) is 38.2 Å². The van der Waals surface area contributed by atoms with E-state index in [9.17, 15) is 26.0 Å². The van der Waals surface area contributed by atoms with E-state index in [4.69, 9.17) is 4.74 Å². The molecule has 1 heterocycles. The molecule has 9 nitrogen and oxygen atoms in total. The monoisotopic (exact) mass is 471 g/mol. The number of hydrogen-bond donors (Lipinski definition) is 2. The molecule has 31 heavy (non-hydrogen) atoms. The van der Waals surface area contributed by atoms with Crippen molar-refractivity contribution in [3.63, 3.8) is 0 Å². The van der Waals surface area contributed by atoms with Gasteiger partial charge in [-0.1, -0.05) is 0 Å². The molecule has 0 spiro atoms. The molecule has 0 bridgehead atoms. The molecule has 0 aromatic heterocycles. The van der Waals surface area contributed by atoms with Gasteiger partial charge in [-0.3, -0.25) is 4.79 Å². The lowest BCUT2D eigenvalue weighted by atomic mass is 10.3. The lowest BCUT2D eigenvalue weighted by Crippen LogP contribution is -2.40. The van der Waals surface area contributed by atoms with E-state index in [1.165, 1.54) is 28.6 Å². The molecule has 0 unspecified atom stereocenters. The molecular formula is C19H22FN3O6S2. The number of halogens is 1. The van der Waals surface area contributed by atoms with Crippen LogP contribution in [0.3, 0.4) is 0 Å². The molecule has 1 aliphatic heterocycles. The third-order valence-corrected chi connectivity index (χ3v) is 7.90. The van der Waals surface area contributed by atoms with Crippen molar-refractivity contribution in [1.82, 2.24) is 9.03 Å². The molecule has 3 rings (SSSR count). The van der Waals surface area contributed by atoms with E-state index in [0.717, 1.165) is 24.3 Å². The number of benzene rings is 2. The Labute approximate surface area is 180 Å². The minimum atomic E-state index is -3.86. The number of amides is 1. The third kappa shape index (κ3) is 6.08. The van der Waals surface area contributed by atoms with E-state index in [-0.39, 0.29) is 35.8 Å². The van der Waals surface area contributed by atoms with Crippen LogP contribution < -0.4 is 10.0 Å². The highest BCUT2D eigenvalue weighted by molar-refractivity contribution is 7.89. The summed E-state index contributed by atoms with van der Waals surface area (Å²) < 4.78 is 71.1. The van der Waals surface area contributed by atoms with Gasteiger partial charge in [0.2, 0.25) is 26.0 Å². The van der Waals surface area contributed by atoms with Gasteiger partial charge in [0, 0.05) is 31.7 Å². The Bertz CT molecular complexity index is 1110. The number of ether oxygens (including phenoxy) is 1. The smallest absolute Gasteiger partial charge is 0.243 e. The van der Waals surface area contributed by atoms with Crippen LogP contribution in [0.5, 0.6) is 0 Å². The largest absolute Gasteiger partial charge is 0.379 e. The zero-order chi connectivity index (χ0) is 22.5. The zero-order valence-corrected chi connectivity index (χ0v) is 18.1. The van der Waals surface area contributed by atoms with Crippen LogP contribution >= 0.6 is 0 Å². The van der Waals surface area contributed by atoms with Gasteiger partial charge >= 0.3 is 0 Å². The quantitative estimate of drug-likeness (QED) is 0.596. The highest BCUT2D eigenvalue weighted by Gasteiger charge is 2.26. The number of rotatable bonds is 8. The fourth-order valence-corrected chi connectivity index (χ4v) is 5.31. The molecule has 1 amide bonds. The molecule has 2 aromatic carbocycles. The summed E-state index contributed by atoms with van der Waals surface area (Å²) >= 11 is 0. The summed E-state index contributed by atoms with van der Waals surface area (Å²) in [5, 5.41) is 2.58. The summed E-state index contributed by atoms with van der Waals surface area (Å²) in [7, 11) is -7.48. The molecule has 2 aromatic rings. The number of nitrogens with zero attached hydrogens (tertiary/aromatic N) is 1. The van der Waals surface area contributed by atoms with Gasteiger partial charge in [0.15, 0.2) is 0 Å². The number of morpholine rings is 1. The summed E-state index contributed by atoms with van der Waals surface area (Å²) in [5.41, 5.74) is 0.382. The van der Waals surface area contributed by atoms with E-state index in [1.807, 2.05) is 0 Å². The Morgan fingerprint density at radius 3 is 2.13 bits per heavy atom. The van der Waals surface area contributed by atoms with Crippen molar-refractivity contribution in [1.29, 1.82) is 0 Å². The Balaban J connectivity index is 1.52. The molecule has 0 atom stereocenters. The van der Waals surface area contributed by atoms with Gasteiger partial charge < -0.3 is 10.1 Å². The summed E-state index contributed by atoms with van der Waals surface area (Å²) in [6.45, 7) is 1.11. The zero-order valence-electron chi connectivity index (χ0n) is 16.5. The van der Waals surface area contributed by atoms with Gasteiger partial charge in [-0.05, 0) is 48.5 Å². The van der Waals surface area contributed by atoms with Gasteiger partial charge in [-0.15, -0.1) is 0 Å². The van der Waals surface area contributed by atoms with Crippen LogP contribution in [-0.4, -0.2) is 59.9 Å². The number of nitrogens with one attached hydrogen (secondary N) is 2. The first-order chi connectivity index (χ1) is 14.7. The summed E-state index contributed by atoms with van der Waals surface area (Å²) in [6.07, 6.45) is -0.145. The molecule has 0 radical (unpaired) electrons. The van der Waals surface area contributed by atoms with Crippen LogP contribution in [0, 0.1) is 5.82 Å². The highest BCUT2D eigenvalue weighted by Crippen LogP contribution is 2.19. The first-order valence-electron chi connectivity index (χ1n) is 9.41. The van der Waals surface area contributed by atoms with E-state index in [0.29, 0.717) is 18.9 Å². The first-order valence-corrected chi connectivity index (χ1v) is 12.3. The topological polar surface area (TPSA) is 122 Å². The molecule has 0 saturated carbocycles. The Morgan fingerprint density at radius 1 is 0.935 bits per heavy atom. The van der Waals surface area contributed by atoms with Crippen LogP contribution in [0.2, 0.25) is 0 Å². The molecule has 1 fully saturated rings. The predicted molar refractivity (Wildman–Crippen MR) is 111 cm³/mol. The van der Waals surface area contributed by atoms with Gasteiger partial charge in [-0.25, -0.2) is 25.9 Å². The molecule has 1 aliphatic rings. The second-order valence-corrected chi connectivity index (χ2v) is 10.4. The lowest BCUT2D eigenvalue weighted by molar-refractivity contribution is -0.116. The lowest BCUT2D eigenvalue weighted by Gasteiger charge is -2.26. The molecular weight excluding hydrogens is 449 g/mol. The number of anilines is 1. The maximum atomic E-state index is 12.9. The normalized spacial score (nSPS) is 15.5. The van der Waals surface area contributed by atoms with Gasteiger partial charge in [0.05, 0.1) is 23.0 Å². The molecule has 12 heteroatoms. The van der Waals surface area contributed by atoms with Crippen molar-refractivity contribution >= 4 is 31.6 Å². The van der Waals surface area contributed by atoms with Crippen molar-refractivity contribution in [3.05, 3.63) is 54.3 Å². The number of carbonyl (C=O) groups is 1. The van der Waals surface area contributed by atoms with Crippen molar-refractivity contribution in [2.24, 2.45) is 0 Å². The van der Waals surface area contributed by atoms with E-state index in [1.54, 1.807) is 0 Å². The standard InChI is InChI=1S/C19H22FN3O6S2/c20-15-1-5-17(6-2-15)30(25,26)21-10-9-19(24)22-16-3-7-18(8-4-16)31(27,28)23-11-13-29-14-12-23/h1-8,21H,9-14H2,(H,22,24). The fourth-order valence-electron chi connectivity index (χ4n) is 2.87. The summed E-state index contributed by atoms with van der Waals surface area (Å²) in [4.78, 5) is 12.1. The Kier molecular flexibility index (Phi) is 7.38. The second kappa shape index (κ2) is 9.83. The number of carbonyl (C=O) groups excluding carboxylic acids is 1. The average Bonchev–Trinajstić information content (AvgIpc) is 2.75. The van der Waals surface area contributed by atoms with Crippen LogP contribution in [0.1, 0.15) is 6.42 Å². The van der Waals surface area contributed by atoms with Crippen LogP contribution in [0.4, 0.5) is 10.1 Å². The molecule has 1 saturated heterocycles. The van der Waals surface area contributed by atoms with Crippen molar-refractivity contribution in [3.8, 4) is 0 Å². The number of hydrogen-bond acceptors (Lipinski definition) is 6. The van der Waals surface area contributed by atoms with Crippen LogP contribution in [0.15, 0.2) is 58.3 Å². The predicted octanol–water partition coefficient (Wildman–Crippen LogP) is 1.15. The van der Waals surface area contributed by atoms with Gasteiger partial charge in [-0.2, -0.15) is 4.31 Å². The third-order valence-electron chi connectivity index (χ3n) is 4.51. The van der Waals surface area contributed by atoms with Crippen molar-refractivity contribution < 1.29 is 30.8 Å². The van der Waals surface area contributed by atoms with Crippen LogP contribution in [-0.2, 0) is 29.6 Å². The molecule has 168 valence electrons. The number of sulfonamides is 2. The first kappa shape index (κ1) is 23.3. The maximum Gasteiger partial charge on any atom is 0.243 e. The second-order valence-electron chi connectivity index (χ2n) is 6.69. The molecule has 0 aliphatic carbocycles. The van der Waals surface area contributed by atoms with Gasteiger partial charge in [0.1, 0.15) is 5.82 Å². The van der Waals surface area contributed by atoms with E-state index in [2.05, 4.69) is 10.0 Å². The minimum absolute atomic E-state index is 0.105. The minimum Gasteiger partial charge on any atom is -0.379 e. The average molecular weight is 472 g/mol. The van der Waals surface area contributed by atoms with Gasteiger partial charge in [0.25, 0.3) is 0 Å².